The molecular formula is C15H19NO2. The number of piperidine rings is 1. The van der Waals surface area contributed by atoms with Crippen molar-refractivity contribution in [3.05, 3.63) is 35.9 Å². The molecule has 0 aliphatic carbocycles. The van der Waals surface area contributed by atoms with Gasteiger partial charge in [0.1, 0.15) is 0 Å². The normalized spacial score (nSPS) is 31.4. The van der Waals surface area contributed by atoms with Gasteiger partial charge in [0, 0.05) is 18.6 Å². The predicted molar refractivity (Wildman–Crippen MR) is 69.2 cm³/mol. The molecule has 2 fully saturated rings. The van der Waals surface area contributed by atoms with Crippen LogP contribution in [0.2, 0.25) is 0 Å². The van der Waals surface area contributed by atoms with E-state index in [1.807, 2.05) is 6.07 Å². The van der Waals surface area contributed by atoms with Crippen LogP contribution in [0.15, 0.2) is 30.3 Å². The summed E-state index contributed by atoms with van der Waals surface area (Å²) in [7, 11) is 0. The molecule has 0 amide bonds. The quantitative estimate of drug-likeness (QED) is 0.889. The average Bonchev–Trinajstić information content (AvgIpc) is 2.62. The van der Waals surface area contributed by atoms with Crippen molar-refractivity contribution in [3.63, 3.8) is 0 Å². The highest BCUT2D eigenvalue weighted by molar-refractivity contribution is 5.70. The minimum Gasteiger partial charge on any atom is -0.481 e. The van der Waals surface area contributed by atoms with E-state index in [0.717, 1.165) is 19.4 Å². The summed E-state index contributed by atoms with van der Waals surface area (Å²) in [5, 5.41) is 9.16. The maximum atomic E-state index is 11.1. The van der Waals surface area contributed by atoms with Crippen LogP contribution >= 0.6 is 0 Å². The molecule has 0 saturated carbocycles. The summed E-state index contributed by atoms with van der Waals surface area (Å²) >= 11 is 0. The Balaban J connectivity index is 1.71. The van der Waals surface area contributed by atoms with Gasteiger partial charge in [-0.1, -0.05) is 30.3 Å². The first-order valence-corrected chi connectivity index (χ1v) is 6.76. The van der Waals surface area contributed by atoms with Crippen LogP contribution in [0.25, 0.3) is 0 Å². The van der Waals surface area contributed by atoms with Gasteiger partial charge in [-0.25, -0.2) is 0 Å². The number of hydrogen-bond acceptors (Lipinski definition) is 2. The van der Waals surface area contributed by atoms with Gasteiger partial charge in [0.2, 0.25) is 0 Å². The molecule has 3 rings (SSSR count). The maximum Gasteiger partial charge on any atom is 0.306 e. The van der Waals surface area contributed by atoms with Gasteiger partial charge >= 0.3 is 5.97 Å². The summed E-state index contributed by atoms with van der Waals surface area (Å²) < 4.78 is 0. The molecule has 1 aromatic carbocycles. The summed E-state index contributed by atoms with van der Waals surface area (Å²) in [6.45, 7) is 0.975. The molecule has 96 valence electrons. The average molecular weight is 245 g/mol. The van der Waals surface area contributed by atoms with Crippen LogP contribution in [0.5, 0.6) is 0 Å². The molecule has 0 aromatic heterocycles. The summed E-state index contributed by atoms with van der Waals surface area (Å²) in [5.41, 5.74) is 1.34. The third kappa shape index (κ3) is 2.15. The number of rotatable bonds is 3. The molecule has 2 atom stereocenters. The minimum atomic E-state index is -0.605. The maximum absolute atomic E-state index is 11.1. The smallest absolute Gasteiger partial charge is 0.306 e. The SMILES string of the molecule is O=C(O)C1CC2CCC(C1)N2Cc1ccccc1. The van der Waals surface area contributed by atoms with Crippen molar-refractivity contribution in [3.8, 4) is 0 Å². The van der Waals surface area contributed by atoms with Crippen molar-refractivity contribution in [1.82, 2.24) is 4.90 Å². The number of fused-ring (bicyclic) bond motifs is 2. The van der Waals surface area contributed by atoms with E-state index in [4.69, 9.17) is 5.11 Å². The fourth-order valence-corrected chi connectivity index (χ4v) is 3.53. The molecule has 2 saturated heterocycles. The topological polar surface area (TPSA) is 40.5 Å². The third-order valence-electron chi connectivity index (χ3n) is 4.44. The van der Waals surface area contributed by atoms with Crippen molar-refractivity contribution in [2.24, 2.45) is 5.92 Å². The Bertz CT molecular complexity index is 417. The van der Waals surface area contributed by atoms with Gasteiger partial charge in [-0.3, -0.25) is 9.69 Å². The predicted octanol–water partition coefficient (Wildman–Crippen LogP) is 2.51. The number of carbonyl (C=O) groups is 1. The van der Waals surface area contributed by atoms with Crippen LogP contribution in [-0.2, 0) is 11.3 Å². The first-order valence-electron chi connectivity index (χ1n) is 6.76. The van der Waals surface area contributed by atoms with Gasteiger partial charge in [-0.05, 0) is 31.2 Å². The van der Waals surface area contributed by atoms with E-state index in [-0.39, 0.29) is 5.92 Å². The molecule has 2 heterocycles. The lowest BCUT2D eigenvalue weighted by atomic mass is 9.90. The Hall–Kier alpha value is -1.35. The van der Waals surface area contributed by atoms with E-state index in [2.05, 4.69) is 29.2 Å². The number of nitrogens with zero attached hydrogens (tertiary/aromatic N) is 1. The second-order valence-electron chi connectivity index (χ2n) is 5.55. The largest absolute Gasteiger partial charge is 0.481 e. The second kappa shape index (κ2) is 4.73. The third-order valence-corrected chi connectivity index (χ3v) is 4.44. The minimum absolute atomic E-state index is 0.116. The first-order chi connectivity index (χ1) is 8.74. The highest BCUT2D eigenvalue weighted by Crippen LogP contribution is 2.39. The van der Waals surface area contributed by atoms with Crippen molar-refractivity contribution < 1.29 is 9.90 Å². The van der Waals surface area contributed by atoms with E-state index < -0.39 is 5.97 Å². The Labute approximate surface area is 107 Å². The van der Waals surface area contributed by atoms with Crippen LogP contribution in [-0.4, -0.2) is 28.1 Å². The van der Waals surface area contributed by atoms with Gasteiger partial charge in [0.25, 0.3) is 0 Å². The first kappa shape index (κ1) is 11.7. The van der Waals surface area contributed by atoms with Gasteiger partial charge in [0.05, 0.1) is 5.92 Å². The van der Waals surface area contributed by atoms with E-state index >= 15 is 0 Å². The van der Waals surface area contributed by atoms with Crippen LogP contribution in [0.1, 0.15) is 31.2 Å². The lowest BCUT2D eigenvalue weighted by molar-refractivity contribution is -0.144. The highest BCUT2D eigenvalue weighted by atomic mass is 16.4. The molecule has 0 radical (unpaired) electrons. The van der Waals surface area contributed by atoms with E-state index in [1.54, 1.807) is 0 Å². The van der Waals surface area contributed by atoms with Crippen molar-refractivity contribution in [1.29, 1.82) is 0 Å². The summed E-state index contributed by atoms with van der Waals surface area (Å²) in [6.07, 6.45) is 4.00. The van der Waals surface area contributed by atoms with Gasteiger partial charge in [0.15, 0.2) is 0 Å². The number of carboxylic acid groups (broad SMARTS) is 1. The Morgan fingerprint density at radius 2 is 1.78 bits per heavy atom. The van der Waals surface area contributed by atoms with Crippen LogP contribution in [0, 0.1) is 5.92 Å². The summed E-state index contributed by atoms with van der Waals surface area (Å²) in [6, 6.07) is 11.4. The van der Waals surface area contributed by atoms with Gasteiger partial charge in [-0.15, -0.1) is 0 Å². The number of carboxylic acids is 1. The van der Waals surface area contributed by atoms with Crippen molar-refractivity contribution in [2.45, 2.75) is 44.3 Å². The van der Waals surface area contributed by atoms with Crippen LogP contribution < -0.4 is 0 Å². The van der Waals surface area contributed by atoms with Gasteiger partial charge < -0.3 is 5.11 Å². The Kier molecular flexibility index (Phi) is 3.08. The number of benzene rings is 1. The molecule has 1 aromatic rings. The zero-order chi connectivity index (χ0) is 12.5. The summed E-state index contributed by atoms with van der Waals surface area (Å²) in [5.74, 6) is -0.721. The van der Waals surface area contributed by atoms with Crippen molar-refractivity contribution >= 4 is 5.97 Å². The standard InChI is InChI=1S/C15H19NO2/c17-15(18)12-8-13-6-7-14(9-12)16(13)10-11-4-2-1-3-5-11/h1-5,12-14H,6-10H2,(H,17,18). The fourth-order valence-electron chi connectivity index (χ4n) is 3.53. The fraction of sp³-hybridized carbons (Fsp3) is 0.533. The molecule has 2 aliphatic rings. The van der Waals surface area contributed by atoms with Crippen LogP contribution in [0.3, 0.4) is 0 Å². The molecule has 2 aliphatic heterocycles. The van der Waals surface area contributed by atoms with E-state index in [0.29, 0.717) is 12.1 Å². The molecule has 0 spiro atoms. The second-order valence-corrected chi connectivity index (χ2v) is 5.55. The molecule has 3 heteroatoms. The Morgan fingerprint density at radius 3 is 2.33 bits per heavy atom. The molecule has 2 bridgehead atoms. The summed E-state index contributed by atoms with van der Waals surface area (Å²) in [4.78, 5) is 13.6. The van der Waals surface area contributed by atoms with Crippen molar-refractivity contribution in [2.75, 3.05) is 0 Å². The zero-order valence-electron chi connectivity index (χ0n) is 10.5. The Morgan fingerprint density at radius 1 is 1.17 bits per heavy atom. The molecular weight excluding hydrogens is 226 g/mol. The van der Waals surface area contributed by atoms with E-state index in [1.165, 1.54) is 18.4 Å². The highest BCUT2D eigenvalue weighted by Gasteiger charge is 2.42. The lowest BCUT2D eigenvalue weighted by Crippen LogP contribution is -2.44. The molecule has 2 unspecified atom stereocenters. The van der Waals surface area contributed by atoms with Gasteiger partial charge in [-0.2, -0.15) is 0 Å². The van der Waals surface area contributed by atoms with E-state index in [9.17, 15) is 4.79 Å². The molecule has 3 nitrogen and oxygen atoms in total. The monoisotopic (exact) mass is 245 g/mol. The molecule has 18 heavy (non-hydrogen) atoms. The molecule has 1 N–H and O–H groups in total. The lowest BCUT2D eigenvalue weighted by Gasteiger charge is -2.37. The number of aliphatic carboxylic acids is 1. The zero-order valence-corrected chi connectivity index (χ0v) is 10.5. The number of hydrogen-bond donors (Lipinski definition) is 1. The van der Waals surface area contributed by atoms with Crippen LogP contribution in [0.4, 0.5) is 0 Å².